The van der Waals surface area contributed by atoms with Crippen LogP contribution in [-0.4, -0.2) is 48.4 Å². The van der Waals surface area contributed by atoms with Crippen LogP contribution in [0.2, 0.25) is 0 Å². The number of piperidine rings is 1. The molecular weight excluding hydrogens is 445 g/mol. The van der Waals surface area contributed by atoms with Crippen molar-refractivity contribution in [2.45, 2.75) is 32.9 Å². The number of halogens is 5. The van der Waals surface area contributed by atoms with Gasteiger partial charge in [-0.05, 0) is 75.5 Å². The lowest BCUT2D eigenvalue weighted by Gasteiger charge is -2.38. The van der Waals surface area contributed by atoms with Gasteiger partial charge in [0.15, 0.2) is 0 Å². The van der Waals surface area contributed by atoms with Gasteiger partial charge in [-0.15, -0.1) is 0 Å². The molecule has 3 rings (SSSR count). The summed E-state index contributed by atoms with van der Waals surface area (Å²) in [4.78, 5) is 12.7. The molecule has 0 spiro atoms. The minimum atomic E-state index is -4.26. The molecule has 4 nitrogen and oxygen atoms in total. The minimum Gasteiger partial charge on any atom is -0.493 e. The number of aromatic carboxylic acids is 1. The SMILES string of the molecule is CC(C)(CN1CCC(COc2ccc(-c3ccc(C(=O)O)c(F)c3)c(F)c2)CC1)C(F)(F)F. The van der Waals surface area contributed by atoms with E-state index in [1.165, 1.54) is 32.0 Å². The van der Waals surface area contributed by atoms with E-state index in [2.05, 4.69) is 0 Å². The number of hydrogen-bond donors (Lipinski definition) is 1. The number of benzene rings is 2. The highest BCUT2D eigenvalue weighted by atomic mass is 19.4. The molecule has 1 N–H and O–H groups in total. The van der Waals surface area contributed by atoms with Crippen LogP contribution in [0.25, 0.3) is 11.1 Å². The number of carboxylic acids is 1. The maximum atomic E-state index is 14.6. The van der Waals surface area contributed by atoms with Gasteiger partial charge in [-0.1, -0.05) is 6.07 Å². The molecule has 0 bridgehead atoms. The molecule has 1 heterocycles. The minimum absolute atomic E-state index is 0.0508. The number of rotatable bonds is 7. The average molecular weight is 471 g/mol. The Kier molecular flexibility index (Phi) is 7.31. The van der Waals surface area contributed by atoms with Crippen molar-refractivity contribution in [1.29, 1.82) is 0 Å². The van der Waals surface area contributed by atoms with Gasteiger partial charge in [0.1, 0.15) is 17.4 Å². The highest BCUT2D eigenvalue weighted by Gasteiger charge is 2.48. The number of carboxylic acid groups (broad SMARTS) is 1. The lowest BCUT2D eigenvalue weighted by Crippen LogP contribution is -2.46. The summed E-state index contributed by atoms with van der Waals surface area (Å²) in [5.74, 6) is -2.56. The fraction of sp³-hybridized carbons (Fsp3) is 0.458. The number of likely N-dealkylation sites (tertiary alicyclic amines) is 1. The molecule has 1 aliphatic rings. The molecule has 0 aromatic heterocycles. The average Bonchev–Trinajstić information content (AvgIpc) is 2.72. The molecule has 1 saturated heterocycles. The first-order chi connectivity index (χ1) is 15.4. The summed E-state index contributed by atoms with van der Waals surface area (Å²) < 4.78 is 73.5. The monoisotopic (exact) mass is 471 g/mol. The van der Waals surface area contributed by atoms with E-state index < -0.39 is 34.8 Å². The molecule has 9 heteroatoms. The fourth-order valence-electron chi connectivity index (χ4n) is 3.85. The van der Waals surface area contributed by atoms with Crippen molar-refractivity contribution in [2.75, 3.05) is 26.2 Å². The van der Waals surface area contributed by atoms with Crippen molar-refractivity contribution in [3.05, 3.63) is 53.6 Å². The van der Waals surface area contributed by atoms with Crippen LogP contribution in [0.5, 0.6) is 5.75 Å². The molecular formula is C24H26F5NO3. The van der Waals surface area contributed by atoms with Gasteiger partial charge in [-0.3, -0.25) is 0 Å². The van der Waals surface area contributed by atoms with E-state index in [1.54, 1.807) is 6.07 Å². The van der Waals surface area contributed by atoms with Crippen LogP contribution in [0, 0.1) is 23.0 Å². The number of nitrogens with zero attached hydrogens (tertiary/aromatic N) is 1. The molecule has 1 fully saturated rings. The summed E-state index contributed by atoms with van der Waals surface area (Å²) in [6, 6.07) is 7.54. The van der Waals surface area contributed by atoms with E-state index in [4.69, 9.17) is 9.84 Å². The van der Waals surface area contributed by atoms with Crippen molar-refractivity contribution < 1.29 is 36.6 Å². The normalized spacial score (nSPS) is 16.1. The van der Waals surface area contributed by atoms with Crippen molar-refractivity contribution in [3.8, 4) is 16.9 Å². The van der Waals surface area contributed by atoms with Crippen LogP contribution in [0.4, 0.5) is 22.0 Å². The second kappa shape index (κ2) is 9.67. The Labute approximate surface area is 189 Å². The molecule has 33 heavy (non-hydrogen) atoms. The first-order valence-corrected chi connectivity index (χ1v) is 10.6. The summed E-state index contributed by atoms with van der Waals surface area (Å²) >= 11 is 0. The van der Waals surface area contributed by atoms with Crippen molar-refractivity contribution in [1.82, 2.24) is 4.90 Å². The van der Waals surface area contributed by atoms with E-state index in [1.807, 2.05) is 4.90 Å². The molecule has 1 aliphatic heterocycles. The van der Waals surface area contributed by atoms with Crippen LogP contribution in [-0.2, 0) is 0 Å². The third kappa shape index (κ3) is 6.01. The van der Waals surface area contributed by atoms with Crippen LogP contribution >= 0.6 is 0 Å². The first kappa shape index (κ1) is 25.0. The second-order valence-corrected chi connectivity index (χ2v) is 9.05. The molecule has 0 saturated carbocycles. The Bertz CT molecular complexity index is 998. The highest BCUT2D eigenvalue weighted by molar-refractivity contribution is 5.88. The van der Waals surface area contributed by atoms with Crippen LogP contribution < -0.4 is 4.74 Å². The summed E-state index contributed by atoms with van der Waals surface area (Å²) in [5, 5.41) is 8.90. The fourth-order valence-corrected chi connectivity index (χ4v) is 3.85. The molecule has 2 aromatic carbocycles. The molecule has 0 atom stereocenters. The molecule has 180 valence electrons. The Hall–Kier alpha value is -2.68. The molecule has 0 unspecified atom stereocenters. The summed E-state index contributed by atoms with van der Waals surface area (Å²) in [5.41, 5.74) is -1.95. The summed E-state index contributed by atoms with van der Waals surface area (Å²) in [7, 11) is 0. The second-order valence-electron chi connectivity index (χ2n) is 9.05. The van der Waals surface area contributed by atoms with E-state index >= 15 is 0 Å². The van der Waals surface area contributed by atoms with Crippen molar-refractivity contribution in [3.63, 3.8) is 0 Å². The Morgan fingerprint density at radius 1 is 1.06 bits per heavy atom. The zero-order chi connectivity index (χ0) is 24.4. The van der Waals surface area contributed by atoms with Crippen LogP contribution in [0.15, 0.2) is 36.4 Å². The zero-order valence-electron chi connectivity index (χ0n) is 18.4. The van der Waals surface area contributed by atoms with Crippen LogP contribution in [0.1, 0.15) is 37.0 Å². The van der Waals surface area contributed by atoms with Gasteiger partial charge in [0.05, 0.1) is 17.6 Å². The summed E-state index contributed by atoms with van der Waals surface area (Å²) in [6.07, 6.45) is -2.89. The highest BCUT2D eigenvalue weighted by Crippen LogP contribution is 2.38. The van der Waals surface area contributed by atoms with Gasteiger partial charge in [0, 0.05) is 18.2 Å². The van der Waals surface area contributed by atoms with Gasteiger partial charge >= 0.3 is 12.1 Å². The first-order valence-electron chi connectivity index (χ1n) is 10.6. The molecule has 2 aromatic rings. The van der Waals surface area contributed by atoms with Gasteiger partial charge in [0.2, 0.25) is 0 Å². The largest absolute Gasteiger partial charge is 0.493 e. The molecule has 0 amide bonds. The Morgan fingerprint density at radius 2 is 1.73 bits per heavy atom. The number of ether oxygens (including phenoxy) is 1. The number of carbonyl (C=O) groups is 1. The van der Waals surface area contributed by atoms with Crippen LogP contribution in [0.3, 0.4) is 0 Å². The van der Waals surface area contributed by atoms with E-state index in [-0.39, 0.29) is 23.6 Å². The van der Waals surface area contributed by atoms with Gasteiger partial charge in [-0.25, -0.2) is 13.6 Å². The third-order valence-electron chi connectivity index (χ3n) is 6.03. The Balaban J connectivity index is 1.55. The smallest absolute Gasteiger partial charge is 0.395 e. The molecule has 0 radical (unpaired) electrons. The predicted molar refractivity (Wildman–Crippen MR) is 113 cm³/mol. The standard InChI is InChI=1S/C24H26F5NO3/c1-23(2,24(27,28)29)14-30-9-7-15(8-10-30)13-33-17-4-6-18(21(26)12-17)16-3-5-19(22(31)32)20(25)11-16/h3-6,11-12,15H,7-10,13-14H2,1-2H3,(H,31,32). The summed E-state index contributed by atoms with van der Waals surface area (Å²) in [6.45, 7) is 3.75. The maximum Gasteiger partial charge on any atom is 0.395 e. The van der Waals surface area contributed by atoms with E-state index in [9.17, 15) is 26.7 Å². The molecule has 0 aliphatic carbocycles. The lowest BCUT2D eigenvalue weighted by molar-refractivity contribution is -0.217. The topological polar surface area (TPSA) is 49.8 Å². The van der Waals surface area contributed by atoms with Gasteiger partial charge in [-0.2, -0.15) is 13.2 Å². The number of alkyl halides is 3. The van der Waals surface area contributed by atoms with E-state index in [0.717, 1.165) is 12.1 Å². The van der Waals surface area contributed by atoms with E-state index in [0.29, 0.717) is 38.3 Å². The Morgan fingerprint density at radius 3 is 2.27 bits per heavy atom. The predicted octanol–water partition coefficient (Wildman–Crippen LogP) is 6.01. The lowest BCUT2D eigenvalue weighted by atomic mass is 9.89. The van der Waals surface area contributed by atoms with Crippen molar-refractivity contribution >= 4 is 5.97 Å². The van der Waals surface area contributed by atoms with Gasteiger partial charge < -0.3 is 14.7 Å². The number of hydrogen-bond acceptors (Lipinski definition) is 3. The zero-order valence-corrected chi connectivity index (χ0v) is 18.4. The quantitative estimate of drug-likeness (QED) is 0.503. The third-order valence-corrected chi connectivity index (χ3v) is 6.03. The van der Waals surface area contributed by atoms with Gasteiger partial charge in [0.25, 0.3) is 0 Å². The maximum absolute atomic E-state index is 14.6. The van der Waals surface area contributed by atoms with Crippen molar-refractivity contribution in [2.24, 2.45) is 11.3 Å².